The van der Waals surface area contributed by atoms with E-state index in [0.717, 1.165) is 12.0 Å². The summed E-state index contributed by atoms with van der Waals surface area (Å²) < 4.78 is 5.24. The summed E-state index contributed by atoms with van der Waals surface area (Å²) in [5.41, 5.74) is 0.851. The highest BCUT2D eigenvalue weighted by Gasteiger charge is 2.59. The first-order valence-corrected chi connectivity index (χ1v) is 7.00. The number of aliphatic hydroxyl groups excluding tert-OH is 1. The van der Waals surface area contributed by atoms with E-state index >= 15 is 0 Å². The number of ether oxygens (including phenoxy) is 1. The fourth-order valence-electron chi connectivity index (χ4n) is 3.02. The molecule has 5 nitrogen and oxygen atoms in total. The summed E-state index contributed by atoms with van der Waals surface area (Å²) in [6, 6.07) is -0.117. The molecular formula is C15H21NO4. The lowest BCUT2D eigenvalue weighted by Crippen LogP contribution is -2.63. The Morgan fingerprint density at radius 1 is 1.55 bits per heavy atom. The van der Waals surface area contributed by atoms with Crippen molar-refractivity contribution in [2.24, 2.45) is 11.8 Å². The third kappa shape index (κ3) is 2.16. The zero-order valence-electron chi connectivity index (χ0n) is 12.3. The number of rotatable bonds is 4. The van der Waals surface area contributed by atoms with Crippen molar-refractivity contribution in [1.29, 1.82) is 0 Å². The second-order valence-electron chi connectivity index (χ2n) is 5.42. The largest absolute Gasteiger partial charge is 0.409 e. The van der Waals surface area contributed by atoms with Gasteiger partial charge in [0, 0.05) is 18.4 Å². The topological polar surface area (TPSA) is 66.8 Å². The van der Waals surface area contributed by atoms with E-state index in [0.29, 0.717) is 5.88 Å². The molecule has 1 N–H and O–H groups in total. The van der Waals surface area contributed by atoms with E-state index in [1.807, 2.05) is 26.0 Å². The van der Waals surface area contributed by atoms with Crippen LogP contribution in [0.15, 0.2) is 23.6 Å². The molecule has 110 valence electrons. The Morgan fingerprint density at radius 3 is 2.70 bits per heavy atom. The quantitative estimate of drug-likeness (QED) is 0.627. The van der Waals surface area contributed by atoms with Crippen molar-refractivity contribution in [2.75, 3.05) is 0 Å². The summed E-state index contributed by atoms with van der Waals surface area (Å²) >= 11 is 0. The minimum atomic E-state index is -0.695. The Balaban J connectivity index is 2.36. The van der Waals surface area contributed by atoms with Gasteiger partial charge in [-0.05, 0) is 13.3 Å². The SMILES string of the molecule is CC/C=C/C1=C(OC(C)=O)N2C(=O)C(C(C)O)C2C1C. The first-order chi connectivity index (χ1) is 9.40. The van der Waals surface area contributed by atoms with Crippen molar-refractivity contribution in [3.8, 4) is 0 Å². The zero-order chi connectivity index (χ0) is 15.0. The van der Waals surface area contributed by atoms with E-state index in [4.69, 9.17) is 4.74 Å². The molecule has 0 radical (unpaired) electrons. The van der Waals surface area contributed by atoms with Gasteiger partial charge in [-0.2, -0.15) is 0 Å². The van der Waals surface area contributed by atoms with Crippen LogP contribution in [0.1, 0.15) is 34.1 Å². The Hall–Kier alpha value is -1.62. The molecule has 20 heavy (non-hydrogen) atoms. The van der Waals surface area contributed by atoms with Crippen LogP contribution in [0.5, 0.6) is 0 Å². The summed E-state index contributed by atoms with van der Waals surface area (Å²) in [6.45, 7) is 6.95. The number of nitrogens with zero attached hydrogens (tertiary/aromatic N) is 1. The van der Waals surface area contributed by atoms with E-state index in [-0.39, 0.29) is 17.9 Å². The Labute approximate surface area is 118 Å². The first kappa shape index (κ1) is 14.8. The first-order valence-electron chi connectivity index (χ1n) is 7.00. The molecule has 0 saturated carbocycles. The molecule has 4 atom stereocenters. The van der Waals surface area contributed by atoms with Gasteiger partial charge in [0.05, 0.1) is 18.1 Å². The normalized spacial score (nSPS) is 30.6. The zero-order valence-corrected chi connectivity index (χ0v) is 12.3. The van der Waals surface area contributed by atoms with Crippen LogP contribution in [-0.2, 0) is 14.3 Å². The summed E-state index contributed by atoms with van der Waals surface area (Å²) in [6.07, 6.45) is 4.05. The van der Waals surface area contributed by atoms with Crippen LogP contribution in [0.25, 0.3) is 0 Å². The van der Waals surface area contributed by atoms with Gasteiger partial charge in [0.1, 0.15) is 0 Å². The Bertz CT molecular complexity index is 492. The average Bonchev–Trinajstić information content (AvgIpc) is 2.55. The summed E-state index contributed by atoms with van der Waals surface area (Å²) in [5.74, 6) is -0.648. The lowest BCUT2D eigenvalue weighted by molar-refractivity contribution is -0.166. The Kier molecular flexibility index (Phi) is 3.99. The average molecular weight is 279 g/mol. The van der Waals surface area contributed by atoms with Gasteiger partial charge in [-0.1, -0.05) is 26.0 Å². The van der Waals surface area contributed by atoms with E-state index in [9.17, 15) is 14.7 Å². The van der Waals surface area contributed by atoms with Crippen molar-refractivity contribution in [3.63, 3.8) is 0 Å². The fourth-order valence-corrected chi connectivity index (χ4v) is 3.02. The lowest BCUT2D eigenvalue weighted by atomic mass is 9.78. The van der Waals surface area contributed by atoms with Gasteiger partial charge in [0.15, 0.2) is 0 Å². The highest BCUT2D eigenvalue weighted by molar-refractivity contribution is 5.90. The molecule has 0 aromatic rings. The number of carbonyl (C=O) groups excluding carboxylic acids is 2. The Morgan fingerprint density at radius 2 is 2.20 bits per heavy atom. The maximum atomic E-state index is 12.2. The number of carbonyl (C=O) groups is 2. The van der Waals surface area contributed by atoms with Crippen LogP contribution in [0.3, 0.4) is 0 Å². The number of hydrogen-bond acceptors (Lipinski definition) is 4. The third-order valence-electron chi connectivity index (χ3n) is 3.95. The number of aliphatic hydroxyl groups is 1. The van der Waals surface area contributed by atoms with Crippen molar-refractivity contribution in [1.82, 2.24) is 4.90 Å². The van der Waals surface area contributed by atoms with Gasteiger partial charge >= 0.3 is 5.97 Å². The molecule has 1 amide bonds. The molecule has 0 bridgehead atoms. The lowest BCUT2D eigenvalue weighted by Gasteiger charge is -2.46. The van der Waals surface area contributed by atoms with Crippen molar-refractivity contribution >= 4 is 11.9 Å². The van der Waals surface area contributed by atoms with Gasteiger partial charge in [0.25, 0.3) is 0 Å². The molecular weight excluding hydrogens is 258 g/mol. The van der Waals surface area contributed by atoms with Gasteiger partial charge in [-0.15, -0.1) is 0 Å². The van der Waals surface area contributed by atoms with Crippen molar-refractivity contribution < 1.29 is 19.4 Å². The van der Waals surface area contributed by atoms with Crippen LogP contribution in [-0.4, -0.2) is 34.0 Å². The smallest absolute Gasteiger partial charge is 0.309 e. The molecule has 2 heterocycles. The van der Waals surface area contributed by atoms with E-state index in [1.54, 1.807) is 6.92 Å². The summed E-state index contributed by atoms with van der Waals surface area (Å²) in [7, 11) is 0. The molecule has 0 spiro atoms. The molecule has 0 aromatic heterocycles. The molecule has 2 aliphatic rings. The number of esters is 1. The van der Waals surface area contributed by atoms with Crippen LogP contribution >= 0.6 is 0 Å². The van der Waals surface area contributed by atoms with Gasteiger partial charge in [-0.3, -0.25) is 14.5 Å². The van der Waals surface area contributed by atoms with Crippen LogP contribution < -0.4 is 0 Å². The number of allylic oxidation sites excluding steroid dienone is 2. The number of fused-ring (bicyclic) bond motifs is 1. The minimum Gasteiger partial charge on any atom is -0.409 e. The monoisotopic (exact) mass is 279 g/mol. The number of β-lactam (4-membered cyclic amide) rings is 1. The summed E-state index contributed by atoms with van der Waals surface area (Å²) in [5, 5.41) is 9.75. The van der Waals surface area contributed by atoms with E-state index in [1.165, 1.54) is 11.8 Å². The molecule has 1 saturated heterocycles. The van der Waals surface area contributed by atoms with Crippen LogP contribution in [0, 0.1) is 11.8 Å². The third-order valence-corrected chi connectivity index (χ3v) is 3.95. The maximum absolute atomic E-state index is 12.2. The van der Waals surface area contributed by atoms with Gasteiger partial charge in [-0.25, -0.2) is 0 Å². The van der Waals surface area contributed by atoms with Gasteiger partial charge < -0.3 is 9.84 Å². The van der Waals surface area contributed by atoms with Gasteiger partial charge in [0.2, 0.25) is 11.8 Å². The van der Waals surface area contributed by atoms with E-state index < -0.39 is 18.0 Å². The molecule has 5 heteroatoms. The minimum absolute atomic E-state index is 0.0458. The highest BCUT2D eigenvalue weighted by Crippen LogP contribution is 2.47. The fraction of sp³-hybridized carbons (Fsp3) is 0.600. The van der Waals surface area contributed by atoms with Crippen LogP contribution in [0.4, 0.5) is 0 Å². The van der Waals surface area contributed by atoms with Crippen molar-refractivity contribution in [2.45, 2.75) is 46.3 Å². The van der Waals surface area contributed by atoms with Crippen LogP contribution in [0.2, 0.25) is 0 Å². The number of amides is 1. The van der Waals surface area contributed by atoms with E-state index in [2.05, 4.69) is 0 Å². The second-order valence-corrected chi connectivity index (χ2v) is 5.42. The van der Waals surface area contributed by atoms with Crippen molar-refractivity contribution in [3.05, 3.63) is 23.6 Å². The second kappa shape index (κ2) is 5.40. The molecule has 0 aliphatic carbocycles. The molecule has 1 fully saturated rings. The maximum Gasteiger partial charge on any atom is 0.309 e. The standard InChI is InChI=1S/C15H21NO4/c1-5-6-7-11-8(2)13-12(9(3)17)14(19)16(13)15(11)20-10(4)18/h6-9,12-13,17H,5H2,1-4H3/b7-6+. The summed E-state index contributed by atoms with van der Waals surface area (Å²) in [4.78, 5) is 24.9. The molecule has 4 unspecified atom stereocenters. The highest BCUT2D eigenvalue weighted by atomic mass is 16.6. The molecule has 2 rings (SSSR count). The molecule has 0 aromatic carbocycles. The molecule has 2 aliphatic heterocycles. The predicted octanol–water partition coefficient (Wildman–Crippen LogP) is 1.58. The predicted molar refractivity (Wildman–Crippen MR) is 73.2 cm³/mol. The number of hydrogen-bond donors (Lipinski definition) is 1.